The second-order valence-electron chi connectivity index (χ2n) is 5.72. The van der Waals surface area contributed by atoms with Crippen LogP contribution in [-0.4, -0.2) is 23.8 Å². The average Bonchev–Trinajstić information content (AvgIpc) is 2.62. The van der Waals surface area contributed by atoms with E-state index in [1.807, 2.05) is 60.7 Å². The summed E-state index contributed by atoms with van der Waals surface area (Å²) in [5, 5.41) is 8.78. The number of carbonyl (C=O) groups is 2. The number of hydrogen-bond donors (Lipinski definition) is 1. The quantitative estimate of drug-likeness (QED) is 0.686. The molecule has 0 spiro atoms. The molecule has 24 heavy (non-hydrogen) atoms. The SMILES string of the molecule is O=C(O)OC(=O)C1CCOC(c2ccccc2)C1c1ccccc1. The Balaban J connectivity index is 1.99. The summed E-state index contributed by atoms with van der Waals surface area (Å²) in [6.07, 6.45) is -1.47. The standard InChI is InChI=1S/C19H18O5/c20-18(24-19(21)22)15-11-12-23-17(14-9-5-2-6-10-14)16(15)13-7-3-1-4-8-13/h1-10,15-17H,11-12H2,(H,21,22). The maximum Gasteiger partial charge on any atom is 0.513 e. The Kier molecular flexibility index (Phi) is 4.91. The molecule has 3 rings (SSSR count). The topological polar surface area (TPSA) is 72.8 Å². The van der Waals surface area contributed by atoms with Crippen molar-refractivity contribution < 1.29 is 24.2 Å². The summed E-state index contributed by atoms with van der Waals surface area (Å²) in [6.45, 7) is 0.377. The van der Waals surface area contributed by atoms with Gasteiger partial charge < -0.3 is 14.6 Å². The fraction of sp³-hybridized carbons (Fsp3) is 0.263. The number of ether oxygens (including phenoxy) is 2. The molecule has 1 N–H and O–H groups in total. The molecular weight excluding hydrogens is 308 g/mol. The maximum atomic E-state index is 12.3. The van der Waals surface area contributed by atoms with E-state index >= 15 is 0 Å². The molecule has 1 heterocycles. The predicted octanol–water partition coefficient (Wildman–Crippen LogP) is 3.77. The van der Waals surface area contributed by atoms with E-state index < -0.39 is 18.0 Å². The van der Waals surface area contributed by atoms with Crippen LogP contribution in [0.4, 0.5) is 4.79 Å². The van der Waals surface area contributed by atoms with Gasteiger partial charge in [0, 0.05) is 12.5 Å². The van der Waals surface area contributed by atoms with Crippen LogP contribution in [0.2, 0.25) is 0 Å². The number of benzene rings is 2. The molecule has 5 heteroatoms. The van der Waals surface area contributed by atoms with Crippen molar-refractivity contribution in [2.24, 2.45) is 5.92 Å². The van der Waals surface area contributed by atoms with E-state index in [0.29, 0.717) is 13.0 Å². The van der Waals surface area contributed by atoms with Crippen LogP contribution in [0, 0.1) is 5.92 Å². The van der Waals surface area contributed by atoms with Crippen LogP contribution in [-0.2, 0) is 14.3 Å². The molecule has 1 aliphatic rings. The van der Waals surface area contributed by atoms with E-state index in [1.54, 1.807) is 0 Å². The fourth-order valence-corrected chi connectivity index (χ4v) is 3.27. The summed E-state index contributed by atoms with van der Waals surface area (Å²) in [6, 6.07) is 19.2. The Morgan fingerprint density at radius 3 is 2.12 bits per heavy atom. The fourth-order valence-electron chi connectivity index (χ4n) is 3.27. The number of rotatable bonds is 3. The molecule has 0 amide bonds. The molecule has 0 bridgehead atoms. The highest BCUT2D eigenvalue weighted by molar-refractivity contribution is 5.83. The Hall–Kier alpha value is -2.66. The van der Waals surface area contributed by atoms with Gasteiger partial charge in [-0.25, -0.2) is 4.79 Å². The summed E-state index contributed by atoms with van der Waals surface area (Å²) < 4.78 is 10.4. The maximum absolute atomic E-state index is 12.3. The summed E-state index contributed by atoms with van der Waals surface area (Å²) >= 11 is 0. The molecule has 3 unspecified atom stereocenters. The Morgan fingerprint density at radius 1 is 0.958 bits per heavy atom. The molecule has 2 aromatic carbocycles. The number of carbonyl (C=O) groups excluding carboxylic acids is 1. The van der Waals surface area contributed by atoms with Crippen LogP contribution in [0.1, 0.15) is 29.6 Å². The number of hydrogen-bond acceptors (Lipinski definition) is 4. The minimum Gasteiger partial charge on any atom is -0.449 e. The third-order valence-corrected chi connectivity index (χ3v) is 4.29. The van der Waals surface area contributed by atoms with Crippen molar-refractivity contribution in [1.82, 2.24) is 0 Å². The Labute approximate surface area is 139 Å². The van der Waals surface area contributed by atoms with Crippen molar-refractivity contribution in [3.05, 3.63) is 71.8 Å². The largest absolute Gasteiger partial charge is 0.513 e. The lowest BCUT2D eigenvalue weighted by molar-refractivity contribution is -0.151. The van der Waals surface area contributed by atoms with E-state index in [1.165, 1.54) is 0 Å². The Morgan fingerprint density at radius 2 is 1.54 bits per heavy atom. The van der Waals surface area contributed by atoms with Gasteiger partial charge in [0.25, 0.3) is 0 Å². The van der Waals surface area contributed by atoms with Gasteiger partial charge in [0.2, 0.25) is 0 Å². The van der Waals surface area contributed by atoms with E-state index in [-0.39, 0.29) is 12.0 Å². The lowest BCUT2D eigenvalue weighted by Crippen LogP contribution is -2.35. The molecule has 1 aliphatic heterocycles. The molecule has 1 saturated heterocycles. The molecule has 0 aromatic heterocycles. The van der Waals surface area contributed by atoms with Crippen molar-refractivity contribution in [1.29, 1.82) is 0 Å². The third-order valence-electron chi connectivity index (χ3n) is 4.29. The minimum atomic E-state index is -1.57. The minimum absolute atomic E-state index is 0.297. The van der Waals surface area contributed by atoms with Crippen LogP contribution in [0.25, 0.3) is 0 Å². The van der Waals surface area contributed by atoms with Crippen molar-refractivity contribution in [3.63, 3.8) is 0 Å². The first-order valence-corrected chi connectivity index (χ1v) is 7.83. The van der Waals surface area contributed by atoms with Crippen molar-refractivity contribution >= 4 is 12.1 Å². The Bertz CT molecular complexity index is 698. The van der Waals surface area contributed by atoms with Crippen LogP contribution in [0.5, 0.6) is 0 Å². The summed E-state index contributed by atoms with van der Waals surface area (Å²) in [7, 11) is 0. The van der Waals surface area contributed by atoms with Gasteiger partial charge in [0.05, 0.1) is 12.0 Å². The van der Waals surface area contributed by atoms with Gasteiger partial charge in [-0.3, -0.25) is 4.79 Å². The van der Waals surface area contributed by atoms with Gasteiger partial charge in [-0.1, -0.05) is 60.7 Å². The molecule has 3 atom stereocenters. The van der Waals surface area contributed by atoms with Gasteiger partial charge in [0.1, 0.15) is 0 Å². The second-order valence-corrected chi connectivity index (χ2v) is 5.72. The average molecular weight is 326 g/mol. The van der Waals surface area contributed by atoms with Crippen molar-refractivity contribution in [2.45, 2.75) is 18.4 Å². The van der Waals surface area contributed by atoms with Gasteiger partial charge >= 0.3 is 12.1 Å². The van der Waals surface area contributed by atoms with Crippen molar-refractivity contribution in [2.75, 3.05) is 6.61 Å². The molecule has 1 fully saturated rings. The second kappa shape index (κ2) is 7.27. The molecule has 0 aliphatic carbocycles. The summed E-state index contributed by atoms with van der Waals surface area (Å²) in [5.41, 5.74) is 1.89. The molecule has 0 saturated carbocycles. The van der Waals surface area contributed by atoms with E-state index in [9.17, 15) is 9.59 Å². The summed E-state index contributed by atoms with van der Waals surface area (Å²) in [4.78, 5) is 23.1. The van der Waals surface area contributed by atoms with E-state index in [2.05, 4.69) is 4.74 Å². The van der Waals surface area contributed by atoms with Crippen LogP contribution in [0.3, 0.4) is 0 Å². The first-order chi connectivity index (χ1) is 11.7. The predicted molar refractivity (Wildman–Crippen MR) is 86.5 cm³/mol. The highest BCUT2D eigenvalue weighted by Gasteiger charge is 2.41. The normalized spacial score (nSPS) is 23.4. The number of carboxylic acid groups (broad SMARTS) is 1. The van der Waals surface area contributed by atoms with Gasteiger partial charge in [-0.15, -0.1) is 0 Å². The van der Waals surface area contributed by atoms with Gasteiger partial charge in [0.15, 0.2) is 0 Å². The zero-order valence-corrected chi connectivity index (χ0v) is 13.0. The number of esters is 1. The first-order valence-electron chi connectivity index (χ1n) is 7.83. The van der Waals surface area contributed by atoms with Gasteiger partial charge in [-0.2, -0.15) is 0 Å². The van der Waals surface area contributed by atoms with Crippen LogP contribution in [0.15, 0.2) is 60.7 Å². The van der Waals surface area contributed by atoms with Gasteiger partial charge in [-0.05, 0) is 17.5 Å². The van der Waals surface area contributed by atoms with E-state index in [4.69, 9.17) is 9.84 Å². The monoisotopic (exact) mass is 326 g/mol. The lowest BCUT2D eigenvalue weighted by atomic mass is 9.76. The first kappa shape index (κ1) is 16.2. The lowest BCUT2D eigenvalue weighted by Gasteiger charge is -2.37. The van der Waals surface area contributed by atoms with Crippen molar-refractivity contribution in [3.8, 4) is 0 Å². The molecular formula is C19H18O5. The van der Waals surface area contributed by atoms with E-state index in [0.717, 1.165) is 11.1 Å². The highest BCUT2D eigenvalue weighted by Crippen LogP contribution is 2.44. The zero-order chi connectivity index (χ0) is 16.9. The summed E-state index contributed by atoms with van der Waals surface area (Å²) in [5.74, 6) is -1.59. The highest BCUT2D eigenvalue weighted by atomic mass is 16.7. The zero-order valence-electron chi connectivity index (χ0n) is 13.0. The molecule has 124 valence electrons. The van der Waals surface area contributed by atoms with Crippen LogP contribution < -0.4 is 0 Å². The molecule has 0 radical (unpaired) electrons. The smallest absolute Gasteiger partial charge is 0.449 e. The third kappa shape index (κ3) is 3.46. The molecule has 5 nitrogen and oxygen atoms in total. The van der Waals surface area contributed by atoms with Crippen LogP contribution >= 0.6 is 0 Å². The molecule has 2 aromatic rings.